The summed E-state index contributed by atoms with van der Waals surface area (Å²) in [6.45, 7) is 1.00. The minimum absolute atomic E-state index is 0.0692. The maximum Gasteiger partial charge on any atom is 0.352 e. The minimum atomic E-state index is -2.54. The van der Waals surface area contributed by atoms with Crippen LogP contribution in [0, 0.1) is 6.92 Å². The quantitative estimate of drug-likeness (QED) is 0.787. The van der Waals surface area contributed by atoms with Crippen molar-refractivity contribution < 1.29 is 18.7 Å². The Kier molecular flexibility index (Phi) is 2.65. The van der Waals surface area contributed by atoms with E-state index in [0.717, 1.165) is 4.57 Å². The zero-order chi connectivity index (χ0) is 10.0. The highest BCUT2D eigenvalue weighted by molar-refractivity contribution is 5.87. The summed E-state index contributed by atoms with van der Waals surface area (Å²) in [5.41, 5.74) is 0.424. The van der Waals surface area contributed by atoms with Gasteiger partial charge in [0, 0.05) is 6.20 Å². The summed E-state index contributed by atoms with van der Waals surface area (Å²) in [5.74, 6) is -1.18. The van der Waals surface area contributed by atoms with Crippen molar-refractivity contribution in [2.75, 3.05) is 0 Å². The van der Waals surface area contributed by atoms with E-state index in [1.807, 2.05) is 0 Å². The van der Waals surface area contributed by atoms with Crippen LogP contribution in [0.2, 0.25) is 0 Å². The summed E-state index contributed by atoms with van der Waals surface area (Å²) < 4.78 is 25.0. The lowest BCUT2D eigenvalue weighted by Crippen LogP contribution is -2.13. The molecule has 0 radical (unpaired) electrons. The molecule has 1 aromatic rings. The van der Waals surface area contributed by atoms with Gasteiger partial charge in [-0.25, -0.2) is 13.6 Å². The standard InChI is InChI=1S/C8H9F2NO2/c1-5-2-3-11(4-6(9)10)7(5)8(12)13/h2-3,6H,4H2,1H3,(H,12,13). The number of aromatic nitrogens is 1. The average Bonchev–Trinajstić information content (AvgIpc) is 2.30. The molecule has 0 aliphatic carbocycles. The fourth-order valence-corrected chi connectivity index (χ4v) is 1.17. The molecule has 0 atom stereocenters. The average molecular weight is 189 g/mol. The molecule has 0 aliphatic heterocycles. The lowest BCUT2D eigenvalue weighted by Gasteiger charge is -2.05. The van der Waals surface area contributed by atoms with E-state index in [1.165, 1.54) is 12.3 Å². The molecule has 0 aliphatic rings. The molecule has 0 amide bonds. The first-order chi connectivity index (χ1) is 6.02. The van der Waals surface area contributed by atoms with Crippen LogP contribution in [0.15, 0.2) is 12.3 Å². The van der Waals surface area contributed by atoms with E-state index >= 15 is 0 Å². The first kappa shape index (κ1) is 9.70. The number of hydrogen-bond acceptors (Lipinski definition) is 1. The van der Waals surface area contributed by atoms with Crippen molar-refractivity contribution in [1.82, 2.24) is 4.57 Å². The molecule has 1 rings (SSSR count). The van der Waals surface area contributed by atoms with Crippen LogP contribution < -0.4 is 0 Å². The Hall–Kier alpha value is -1.39. The second-order valence-corrected chi connectivity index (χ2v) is 2.70. The van der Waals surface area contributed by atoms with Crippen molar-refractivity contribution in [1.29, 1.82) is 0 Å². The summed E-state index contributed by atoms with van der Waals surface area (Å²) in [7, 11) is 0. The van der Waals surface area contributed by atoms with E-state index in [-0.39, 0.29) is 5.69 Å². The van der Waals surface area contributed by atoms with Gasteiger partial charge in [0.15, 0.2) is 0 Å². The zero-order valence-electron chi connectivity index (χ0n) is 7.00. The third-order valence-corrected chi connectivity index (χ3v) is 1.70. The molecule has 0 spiro atoms. The van der Waals surface area contributed by atoms with Gasteiger partial charge in [-0.05, 0) is 18.6 Å². The fraction of sp³-hybridized carbons (Fsp3) is 0.375. The first-order valence-electron chi connectivity index (χ1n) is 3.69. The highest BCUT2D eigenvalue weighted by Gasteiger charge is 2.15. The largest absolute Gasteiger partial charge is 0.477 e. The van der Waals surface area contributed by atoms with Crippen LogP contribution in [0.3, 0.4) is 0 Å². The molecule has 1 aromatic heterocycles. The highest BCUT2D eigenvalue weighted by Crippen LogP contribution is 2.11. The molecule has 3 nitrogen and oxygen atoms in total. The number of nitrogens with zero attached hydrogens (tertiary/aromatic N) is 1. The van der Waals surface area contributed by atoms with Crippen molar-refractivity contribution in [3.63, 3.8) is 0 Å². The first-order valence-corrected chi connectivity index (χ1v) is 3.69. The van der Waals surface area contributed by atoms with Gasteiger partial charge in [0.05, 0.1) is 6.54 Å². The van der Waals surface area contributed by atoms with Gasteiger partial charge in [-0.2, -0.15) is 0 Å². The fourth-order valence-electron chi connectivity index (χ4n) is 1.17. The number of hydrogen-bond donors (Lipinski definition) is 1. The van der Waals surface area contributed by atoms with Gasteiger partial charge in [-0.15, -0.1) is 0 Å². The Morgan fingerprint density at radius 3 is 2.77 bits per heavy atom. The van der Waals surface area contributed by atoms with E-state index < -0.39 is 18.9 Å². The molecule has 5 heteroatoms. The molecule has 13 heavy (non-hydrogen) atoms. The second-order valence-electron chi connectivity index (χ2n) is 2.70. The summed E-state index contributed by atoms with van der Waals surface area (Å²) >= 11 is 0. The third-order valence-electron chi connectivity index (χ3n) is 1.70. The number of carboxylic acids is 1. The van der Waals surface area contributed by atoms with Crippen LogP contribution >= 0.6 is 0 Å². The van der Waals surface area contributed by atoms with Gasteiger partial charge in [0.2, 0.25) is 0 Å². The Labute approximate surface area is 73.6 Å². The second kappa shape index (κ2) is 3.55. The molecule has 0 saturated carbocycles. The van der Waals surface area contributed by atoms with E-state index in [0.29, 0.717) is 5.56 Å². The molecule has 72 valence electrons. The van der Waals surface area contributed by atoms with Crippen LogP contribution in [0.25, 0.3) is 0 Å². The SMILES string of the molecule is Cc1ccn(CC(F)F)c1C(=O)O. The number of aromatic carboxylic acids is 1. The van der Waals surface area contributed by atoms with Crippen LogP contribution in [0.4, 0.5) is 8.78 Å². The molecule has 1 N–H and O–H groups in total. The maximum absolute atomic E-state index is 12.0. The van der Waals surface area contributed by atoms with Crippen molar-refractivity contribution in [3.05, 3.63) is 23.5 Å². The van der Waals surface area contributed by atoms with E-state index in [9.17, 15) is 13.6 Å². The summed E-state index contributed by atoms with van der Waals surface area (Å²) in [5, 5.41) is 8.68. The normalized spacial score (nSPS) is 10.8. The monoisotopic (exact) mass is 189 g/mol. The van der Waals surface area contributed by atoms with Crippen LogP contribution in [-0.2, 0) is 6.54 Å². The highest BCUT2D eigenvalue weighted by atomic mass is 19.3. The van der Waals surface area contributed by atoms with Crippen molar-refractivity contribution in [2.24, 2.45) is 0 Å². The zero-order valence-corrected chi connectivity index (χ0v) is 7.00. The Morgan fingerprint density at radius 1 is 1.69 bits per heavy atom. The van der Waals surface area contributed by atoms with Crippen molar-refractivity contribution >= 4 is 5.97 Å². The smallest absolute Gasteiger partial charge is 0.352 e. The van der Waals surface area contributed by atoms with Crippen molar-refractivity contribution in [2.45, 2.75) is 19.9 Å². The Morgan fingerprint density at radius 2 is 2.31 bits per heavy atom. The Balaban J connectivity index is 3.00. The molecule has 0 unspecified atom stereocenters. The van der Waals surface area contributed by atoms with E-state index in [4.69, 9.17) is 5.11 Å². The summed E-state index contributed by atoms with van der Waals surface area (Å²) in [4.78, 5) is 10.6. The number of alkyl halides is 2. The summed E-state index contributed by atoms with van der Waals surface area (Å²) in [6.07, 6.45) is -1.19. The predicted octanol–water partition coefficient (Wildman–Crippen LogP) is 1.76. The number of aryl methyl sites for hydroxylation is 1. The van der Waals surface area contributed by atoms with Crippen molar-refractivity contribution in [3.8, 4) is 0 Å². The van der Waals surface area contributed by atoms with Crippen LogP contribution in [0.5, 0.6) is 0 Å². The van der Waals surface area contributed by atoms with Crippen LogP contribution in [0.1, 0.15) is 16.1 Å². The third kappa shape index (κ3) is 2.05. The molecular formula is C8H9F2NO2. The number of carbonyl (C=O) groups is 1. The molecule has 0 saturated heterocycles. The van der Waals surface area contributed by atoms with E-state index in [2.05, 4.69) is 0 Å². The van der Waals surface area contributed by atoms with Gasteiger partial charge >= 0.3 is 5.97 Å². The predicted molar refractivity (Wildman–Crippen MR) is 42.1 cm³/mol. The van der Waals surface area contributed by atoms with Gasteiger partial charge in [-0.3, -0.25) is 0 Å². The van der Waals surface area contributed by atoms with Gasteiger partial charge in [0.1, 0.15) is 5.69 Å². The molecule has 1 heterocycles. The molecule has 0 aromatic carbocycles. The minimum Gasteiger partial charge on any atom is -0.477 e. The number of halogens is 2. The molecular weight excluding hydrogens is 180 g/mol. The lowest BCUT2D eigenvalue weighted by atomic mass is 10.3. The molecule has 0 fully saturated rings. The van der Waals surface area contributed by atoms with E-state index in [1.54, 1.807) is 6.92 Å². The van der Waals surface area contributed by atoms with Crippen LogP contribution in [-0.4, -0.2) is 22.1 Å². The summed E-state index contributed by atoms with van der Waals surface area (Å²) in [6, 6.07) is 1.51. The lowest BCUT2D eigenvalue weighted by molar-refractivity contribution is 0.0675. The molecule has 0 bridgehead atoms. The van der Waals surface area contributed by atoms with Gasteiger partial charge < -0.3 is 9.67 Å². The maximum atomic E-state index is 12.0. The number of rotatable bonds is 3. The topological polar surface area (TPSA) is 42.2 Å². The number of carboxylic acid groups (broad SMARTS) is 1. The Bertz CT molecular complexity index is 320. The van der Waals surface area contributed by atoms with Gasteiger partial charge in [-0.1, -0.05) is 0 Å². The van der Waals surface area contributed by atoms with Gasteiger partial charge in [0.25, 0.3) is 6.43 Å².